The van der Waals surface area contributed by atoms with Crippen molar-refractivity contribution in [1.29, 1.82) is 0 Å². The number of carboxylic acids is 1. The van der Waals surface area contributed by atoms with Gasteiger partial charge in [0.15, 0.2) is 0 Å². The SMILES string of the molecule is COC=C(C(=O)O)c1cccc(C)c1O. The maximum absolute atomic E-state index is 10.9. The molecule has 0 fully saturated rings. The van der Waals surface area contributed by atoms with E-state index in [1.807, 2.05) is 0 Å². The molecule has 0 spiro atoms. The third kappa shape index (κ3) is 2.28. The number of carbonyl (C=O) groups is 1. The van der Waals surface area contributed by atoms with Crippen molar-refractivity contribution in [1.82, 2.24) is 0 Å². The Morgan fingerprint density at radius 3 is 2.67 bits per heavy atom. The van der Waals surface area contributed by atoms with Crippen LogP contribution in [0.2, 0.25) is 0 Å². The molecule has 1 aromatic carbocycles. The predicted octanol–water partition coefficient (Wildman–Crippen LogP) is 1.77. The molecule has 0 bridgehead atoms. The number of phenols is 1. The third-order valence-corrected chi connectivity index (χ3v) is 1.99. The van der Waals surface area contributed by atoms with Crippen molar-refractivity contribution in [3.8, 4) is 5.75 Å². The summed E-state index contributed by atoms with van der Waals surface area (Å²) in [5.74, 6) is -1.18. The van der Waals surface area contributed by atoms with Gasteiger partial charge in [-0.05, 0) is 12.5 Å². The van der Waals surface area contributed by atoms with Crippen molar-refractivity contribution >= 4 is 11.5 Å². The Morgan fingerprint density at radius 2 is 2.13 bits per heavy atom. The summed E-state index contributed by atoms with van der Waals surface area (Å²) < 4.78 is 4.66. The molecule has 4 nitrogen and oxygen atoms in total. The van der Waals surface area contributed by atoms with Crippen LogP contribution in [-0.4, -0.2) is 23.3 Å². The number of ether oxygens (including phenoxy) is 1. The summed E-state index contributed by atoms with van der Waals surface area (Å²) in [7, 11) is 1.36. The molecule has 4 heteroatoms. The number of phenolic OH excluding ortho intramolecular Hbond substituents is 1. The number of carboxylic acid groups (broad SMARTS) is 1. The molecule has 0 radical (unpaired) electrons. The third-order valence-electron chi connectivity index (χ3n) is 1.99. The van der Waals surface area contributed by atoms with Gasteiger partial charge in [0.05, 0.1) is 13.4 Å². The molecule has 1 aromatic rings. The highest BCUT2D eigenvalue weighted by Gasteiger charge is 2.15. The van der Waals surface area contributed by atoms with Crippen LogP contribution in [-0.2, 0) is 9.53 Å². The summed E-state index contributed by atoms with van der Waals surface area (Å²) in [6.45, 7) is 1.70. The van der Waals surface area contributed by atoms with Crippen molar-refractivity contribution < 1.29 is 19.7 Å². The smallest absolute Gasteiger partial charge is 0.339 e. The molecule has 2 N–H and O–H groups in total. The summed E-state index contributed by atoms with van der Waals surface area (Å²) in [4.78, 5) is 10.9. The zero-order valence-electron chi connectivity index (χ0n) is 8.52. The van der Waals surface area contributed by atoms with Crippen LogP contribution in [0.5, 0.6) is 5.75 Å². The largest absolute Gasteiger partial charge is 0.507 e. The summed E-state index contributed by atoms with van der Waals surface area (Å²) in [5, 5.41) is 18.6. The second-order valence-corrected chi connectivity index (χ2v) is 3.04. The lowest BCUT2D eigenvalue weighted by Gasteiger charge is -2.07. The van der Waals surface area contributed by atoms with Crippen LogP contribution in [0.4, 0.5) is 0 Å². The number of aromatic hydroxyl groups is 1. The van der Waals surface area contributed by atoms with Crippen LogP contribution in [0, 0.1) is 6.92 Å². The molecular weight excluding hydrogens is 196 g/mol. The number of hydrogen-bond acceptors (Lipinski definition) is 3. The molecule has 0 aromatic heterocycles. The van der Waals surface area contributed by atoms with Gasteiger partial charge in [-0.2, -0.15) is 0 Å². The highest BCUT2D eigenvalue weighted by atomic mass is 16.5. The lowest BCUT2D eigenvalue weighted by molar-refractivity contribution is -0.130. The molecule has 0 aliphatic heterocycles. The molecule has 0 saturated carbocycles. The lowest BCUT2D eigenvalue weighted by atomic mass is 10.0. The van der Waals surface area contributed by atoms with E-state index in [9.17, 15) is 9.90 Å². The lowest BCUT2D eigenvalue weighted by Crippen LogP contribution is -2.01. The normalized spacial score (nSPS) is 11.2. The number of para-hydroxylation sites is 1. The van der Waals surface area contributed by atoms with E-state index in [2.05, 4.69) is 4.74 Å². The van der Waals surface area contributed by atoms with Gasteiger partial charge in [-0.1, -0.05) is 18.2 Å². The van der Waals surface area contributed by atoms with Crippen molar-refractivity contribution in [2.24, 2.45) is 0 Å². The Hall–Kier alpha value is -1.97. The number of rotatable bonds is 3. The first-order chi connectivity index (χ1) is 7.07. The molecular formula is C11H12O4. The van der Waals surface area contributed by atoms with Gasteiger partial charge in [0.25, 0.3) is 0 Å². The van der Waals surface area contributed by atoms with E-state index < -0.39 is 5.97 Å². The molecule has 0 saturated heterocycles. The molecule has 0 aliphatic carbocycles. The average Bonchev–Trinajstić information content (AvgIpc) is 2.19. The van der Waals surface area contributed by atoms with Crippen molar-refractivity contribution in [3.63, 3.8) is 0 Å². The number of aliphatic carboxylic acids is 1. The Balaban J connectivity index is 3.30. The van der Waals surface area contributed by atoms with Crippen LogP contribution in [0.3, 0.4) is 0 Å². The van der Waals surface area contributed by atoms with Gasteiger partial charge in [-0.25, -0.2) is 4.79 Å². The minimum atomic E-state index is -1.14. The number of benzene rings is 1. The van der Waals surface area contributed by atoms with Gasteiger partial charge in [0.1, 0.15) is 11.3 Å². The highest BCUT2D eigenvalue weighted by molar-refractivity contribution is 6.16. The predicted molar refractivity (Wildman–Crippen MR) is 55.5 cm³/mol. The van der Waals surface area contributed by atoms with Gasteiger partial charge in [0.2, 0.25) is 0 Å². The molecule has 0 heterocycles. The fraction of sp³-hybridized carbons (Fsp3) is 0.182. The number of methoxy groups -OCH3 is 1. The highest BCUT2D eigenvalue weighted by Crippen LogP contribution is 2.28. The van der Waals surface area contributed by atoms with Crippen molar-refractivity contribution in [3.05, 3.63) is 35.6 Å². The Bertz CT molecular complexity index is 407. The summed E-state index contributed by atoms with van der Waals surface area (Å²) in [5.41, 5.74) is 0.804. The van der Waals surface area contributed by atoms with Crippen LogP contribution < -0.4 is 0 Å². The van der Waals surface area contributed by atoms with E-state index in [0.717, 1.165) is 6.26 Å². The second kappa shape index (κ2) is 4.50. The zero-order chi connectivity index (χ0) is 11.4. The molecule has 80 valence electrons. The molecule has 0 aliphatic rings. The number of hydrogen-bond donors (Lipinski definition) is 2. The monoisotopic (exact) mass is 208 g/mol. The maximum Gasteiger partial charge on any atom is 0.339 e. The average molecular weight is 208 g/mol. The standard InChI is InChI=1S/C11H12O4/c1-7-4-3-5-8(10(7)12)9(6-15-2)11(13)14/h3-6,12H,1-2H3,(H,13,14). The fourth-order valence-corrected chi connectivity index (χ4v) is 1.22. The fourth-order valence-electron chi connectivity index (χ4n) is 1.22. The zero-order valence-corrected chi connectivity index (χ0v) is 8.52. The molecule has 0 amide bonds. The maximum atomic E-state index is 10.9. The topological polar surface area (TPSA) is 66.8 Å². The Labute approximate surface area is 87.4 Å². The molecule has 1 rings (SSSR count). The first-order valence-electron chi connectivity index (χ1n) is 4.33. The summed E-state index contributed by atoms with van der Waals surface area (Å²) in [6, 6.07) is 4.91. The van der Waals surface area contributed by atoms with Crippen LogP contribution in [0.15, 0.2) is 24.5 Å². The Kier molecular flexibility index (Phi) is 3.33. The van der Waals surface area contributed by atoms with Crippen molar-refractivity contribution in [2.75, 3.05) is 7.11 Å². The second-order valence-electron chi connectivity index (χ2n) is 3.04. The van der Waals surface area contributed by atoms with Crippen LogP contribution in [0.1, 0.15) is 11.1 Å². The minimum Gasteiger partial charge on any atom is -0.507 e. The molecule has 15 heavy (non-hydrogen) atoms. The van der Waals surface area contributed by atoms with E-state index in [1.165, 1.54) is 13.2 Å². The molecule has 0 atom stereocenters. The van der Waals surface area contributed by atoms with Gasteiger partial charge < -0.3 is 14.9 Å². The van der Waals surface area contributed by atoms with E-state index in [0.29, 0.717) is 5.56 Å². The van der Waals surface area contributed by atoms with E-state index in [4.69, 9.17) is 5.11 Å². The minimum absolute atomic E-state index is 0.0387. The van der Waals surface area contributed by atoms with Crippen LogP contribution in [0.25, 0.3) is 5.57 Å². The van der Waals surface area contributed by atoms with Gasteiger partial charge in [-0.15, -0.1) is 0 Å². The van der Waals surface area contributed by atoms with E-state index >= 15 is 0 Å². The first-order valence-corrected chi connectivity index (χ1v) is 4.33. The van der Waals surface area contributed by atoms with Gasteiger partial charge >= 0.3 is 5.97 Å². The van der Waals surface area contributed by atoms with Gasteiger partial charge in [-0.3, -0.25) is 0 Å². The summed E-state index contributed by atoms with van der Waals surface area (Å²) in [6.07, 6.45) is 1.09. The Morgan fingerprint density at radius 1 is 1.47 bits per heavy atom. The van der Waals surface area contributed by atoms with Gasteiger partial charge in [0, 0.05) is 5.56 Å². The quantitative estimate of drug-likeness (QED) is 0.586. The molecule has 0 unspecified atom stereocenters. The summed E-state index contributed by atoms with van der Waals surface area (Å²) >= 11 is 0. The van der Waals surface area contributed by atoms with Crippen molar-refractivity contribution in [2.45, 2.75) is 6.92 Å². The number of aryl methyl sites for hydroxylation is 1. The van der Waals surface area contributed by atoms with E-state index in [-0.39, 0.29) is 16.9 Å². The van der Waals surface area contributed by atoms with E-state index in [1.54, 1.807) is 19.1 Å². The first kappa shape index (κ1) is 11.1. The van der Waals surface area contributed by atoms with Crippen LogP contribution >= 0.6 is 0 Å².